The Bertz CT molecular complexity index is 707. The molecule has 126 valence electrons. The Labute approximate surface area is 140 Å². The van der Waals surface area contributed by atoms with Gasteiger partial charge in [-0.1, -0.05) is 6.42 Å². The monoisotopic (exact) mass is 327 g/mol. The van der Waals surface area contributed by atoms with E-state index in [1.54, 1.807) is 18.5 Å². The summed E-state index contributed by atoms with van der Waals surface area (Å²) in [6, 6.07) is 3.61. The van der Waals surface area contributed by atoms with E-state index in [9.17, 15) is 4.79 Å². The number of nitrogens with two attached hydrogens (primary N) is 1. The van der Waals surface area contributed by atoms with E-state index < -0.39 is 0 Å². The number of rotatable bonds is 5. The summed E-state index contributed by atoms with van der Waals surface area (Å²) >= 11 is 0. The van der Waals surface area contributed by atoms with Crippen molar-refractivity contribution in [3.63, 3.8) is 0 Å². The number of likely N-dealkylation sites (tertiary alicyclic amines) is 1. The molecule has 8 heteroatoms. The molecule has 8 nitrogen and oxygen atoms in total. The lowest BCUT2D eigenvalue weighted by atomic mass is 10.0. The van der Waals surface area contributed by atoms with Gasteiger partial charge in [-0.25, -0.2) is 19.9 Å². The fourth-order valence-corrected chi connectivity index (χ4v) is 2.96. The molecule has 2 aromatic rings. The second kappa shape index (κ2) is 7.31. The number of hydrogen-bond acceptors (Lipinski definition) is 7. The van der Waals surface area contributed by atoms with Gasteiger partial charge in [0, 0.05) is 24.2 Å². The van der Waals surface area contributed by atoms with Gasteiger partial charge in [0.2, 0.25) is 11.9 Å². The quantitative estimate of drug-likeness (QED) is 0.852. The van der Waals surface area contributed by atoms with Crippen LogP contribution in [-0.2, 0) is 4.79 Å². The minimum Gasteiger partial charge on any atom is -0.369 e. The topological polar surface area (TPSA) is 110 Å². The zero-order chi connectivity index (χ0) is 16.9. The third-order valence-corrected chi connectivity index (χ3v) is 3.95. The summed E-state index contributed by atoms with van der Waals surface area (Å²) in [4.78, 5) is 30.9. The van der Waals surface area contributed by atoms with Gasteiger partial charge < -0.3 is 11.1 Å². The van der Waals surface area contributed by atoms with Gasteiger partial charge in [-0.2, -0.15) is 0 Å². The predicted molar refractivity (Wildman–Crippen MR) is 89.4 cm³/mol. The van der Waals surface area contributed by atoms with Crippen molar-refractivity contribution in [2.75, 3.05) is 18.4 Å². The Balaban J connectivity index is 1.85. The largest absolute Gasteiger partial charge is 0.369 e. The summed E-state index contributed by atoms with van der Waals surface area (Å²) in [6.45, 7) is 2.98. The number of nitrogens with zero attached hydrogens (tertiary/aromatic N) is 5. The van der Waals surface area contributed by atoms with E-state index in [2.05, 4.69) is 30.2 Å². The fourth-order valence-electron chi connectivity index (χ4n) is 2.96. The van der Waals surface area contributed by atoms with Crippen molar-refractivity contribution in [3.05, 3.63) is 36.0 Å². The Morgan fingerprint density at radius 2 is 2.12 bits per heavy atom. The van der Waals surface area contributed by atoms with E-state index in [1.807, 2.05) is 13.0 Å². The highest BCUT2D eigenvalue weighted by molar-refractivity contribution is 5.76. The molecular formula is C16H21N7O. The molecule has 1 aliphatic heterocycles. The first kappa shape index (κ1) is 16.3. The highest BCUT2D eigenvalue weighted by atomic mass is 16.1. The van der Waals surface area contributed by atoms with Crippen molar-refractivity contribution >= 4 is 17.7 Å². The van der Waals surface area contributed by atoms with Crippen LogP contribution >= 0.6 is 0 Å². The van der Waals surface area contributed by atoms with E-state index in [0.717, 1.165) is 31.5 Å². The van der Waals surface area contributed by atoms with Gasteiger partial charge in [-0.3, -0.25) is 9.69 Å². The molecule has 0 saturated carbocycles. The van der Waals surface area contributed by atoms with E-state index in [0.29, 0.717) is 17.6 Å². The first-order chi connectivity index (χ1) is 11.6. The molecule has 2 aromatic heterocycles. The van der Waals surface area contributed by atoms with Gasteiger partial charge >= 0.3 is 0 Å². The van der Waals surface area contributed by atoms with E-state index >= 15 is 0 Å². The number of aromatic nitrogens is 4. The van der Waals surface area contributed by atoms with Gasteiger partial charge in [0.15, 0.2) is 0 Å². The van der Waals surface area contributed by atoms with Gasteiger partial charge in [-0.15, -0.1) is 0 Å². The van der Waals surface area contributed by atoms with E-state index in [-0.39, 0.29) is 18.5 Å². The Morgan fingerprint density at radius 3 is 2.88 bits per heavy atom. The van der Waals surface area contributed by atoms with Crippen molar-refractivity contribution in [2.24, 2.45) is 5.73 Å². The van der Waals surface area contributed by atoms with Crippen LogP contribution in [0.1, 0.15) is 36.8 Å². The van der Waals surface area contributed by atoms with Gasteiger partial charge in [0.05, 0.1) is 12.6 Å². The molecular weight excluding hydrogens is 306 g/mol. The molecule has 1 atom stereocenters. The summed E-state index contributed by atoms with van der Waals surface area (Å²) in [6.07, 6.45) is 6.39. The second-order valence-corrected chi connectivity index (χ2v) is 5.90. The first-order valence-corrected chi connectivity index (χ1v) is 8.04. The summed E-state index contributed by atoms with van der Waals surface area (Å²) in [5, 5.41) is 3.10. The number of carbonyl (C=O) groups is 1. The molecule has 1 amide bonds. The number of anilines is 2. The summed E-state index contributed by atoms with van der Waals surface area (Å²) in [5.41, 5.74) is 6.23. The van der Waals surface area contributed by atoms with Crippen LogP contribution < -0.4 is 11.1 Å². The predicted octanol–water partition coefficient (Wildman–Crippen LogP) is 1.33. The molecule has 0 radical (unpaired) electrons. The van der Waals surface area contributed by atoms with Crippen molar-refractivity contribution in [2.45, 2.75) is 32.2 Å². The maximum absolute atomic E-state index is 11.3. The number of carbonyl (C=O) groups excluding carboxylic acids is 1. The SMILES string of the molecule is Cc1cc(Nc2ncccn2)nc([C@H]2CCCCN2CC(N)=O)n1. The molecule has 3 rings (SSSR count). The van der Waals surface area contributed by atoms with Gasteiger partial charge in [0.1, 0.15) is 11.6 Å². The first-order valence-electron chi connectivity index (χ1n) is 8.04. The Hall–Kier alpha value is -2.61. The molecule has 1 saturated heterocycles. The van der Waals surface area contributed by atoms with Crippen LogP contribution in [0.3, 0.4) is 0 Å². The van der Waals surface area contributed by atoms with Crippen LogP contribution in [0.25, 0.3) is 0 Å². The third-order valence-electron chi connectivity index (χ3n) is 3.95. The third kappa shape index (κ3) is 4.02. The van der Waals surface area contributed by atoms with Crippen LogP contribution in [0.4, 0.5) is 11.8 Å². The number of aryl methyl sites for hydroxylation is 1. The Morgan fingerprint density at radius 1 is 1.33 bits per heavy atom. The standard InChI is InChI=1S/C16H21N7O/c1-11-9-14(22-16-18-6-4-7-19-16)21-15(20-11)12-5-2-3-8-23(12)10-13(17)24/h4,6-7,9,12H,2-3,5,8,10H2,1H3,(H2,17,24)(H,18,19,20,21,22)/t12-/m1/s1. The van der Waals surface area contributed by atoms with Crippen LogP contribution in [0.5, 0.6) is 0 Å². The molecule has 0 aromatic carbocycles. The average molecular weight is 327 g/mol. The van der Waals surface area contributed by atoms with Crippen molar-refractivity contribution in [1.82, 2.24) is 24.8 Å². The average Bonchev–Trinajstić information content (AvgIpc) is 2.55. The van der Waals surface area contributed by atoms with Gasteiger partial charge in [-0.05, 0) is 32.4 Å². The number of hydrogen-bond donors (Lipinski definition) is 2. The minimum absolute atomic E-state index is 0.00314. The van der Waals surface area contributed by atoms with E-state index in [1.165, 1.54) is 0 Å². The van der Waals surface area contributed by atoms with Crippen molar-refractivity contribution < 1.29 is 4.79 Å². The van der Waals surface area contributed by atoms with E-state index in [4.69, 9.17) is 5.73 Å². The molecule has 0 unspecified atom stereocenters. The molecule has 0 spiro atoms. The molecule has 0 bridgehead atoms. The summed E-state index contributed by atoms with van der Waals surface area (Å²) in [7, 11) is 0. The summed E-state index contributed by atoms with van der Waals surface area (Å²) in [5.74, 6) is 1.51. The number of nitrogens with one attached hydrogen (secondary N) is 1. The van der Waals surface area contributed by atoms with Crippen molar-refractivity contribution in [3.8, 4) is 0 Å². The molecule has 3 N–H and O–H groups in total. The zero-order valence-electron chi connectivity index (χ0n) is 13.6. The Kier molecular flexibility index (Phi) is 4.95. The maximum Gasteiger partial charge on any atom is 0.231 e. The minimum atomic E-state index is -0.328. The van der Waals surface area contributed by atoms with Crippen LogP contribution in [0.15, 0.2) is 24.5 Å². The second-order valence-electron chi connectivity index (χ2n) is 5.90. The van der Waals surface area contributed by atoms with Crippen LogP contribution in [0.2, 0.25) is 0 Å². The molecule has 24 heavy (non-hydrogen) atoms. The molecule has 1 aliphatic rings. The lowest BCUT2D eigenvalue weighted by Gasteiger charge is -2.33. The number of piperidine rings is 1. The number of primary amides is 1. The smallest absolute Gasteiger partial charge is 0.231 e. The van der Waals surface area contributed by atoms with Crippen molar-refractivity contribution in [1.29, 1.82) is 0 Å². The van der Waals surface area contributed by atoms with Crippen LogP contribution in [0, 0.1) is 6.92 Å². The molecule has 1 fully saturated rings. The molecule has 0 aliphatic carbocycles. The maximum atomic E-state index is 11.3. The highest BCUT2D eigenvalue weighted by Gasteiger charge is 2.27. The zero-order valence-corrected chi connectivity index (χ0v) is 13.6. The lowest BCUT2D eigenvalue weighted by Crippen LogP contribution is -2.40. The lowest BCUT2D eigenvalue weighted by molar-refractivity contribution is -0.120. The summed E-state index contributed by atoms with van der Waals surface area (Å²) < 4.78 is 0. The van der Waals surface area contributed by atoms with Gasteiger partial charge in [0.25, 0.3) is 0 Å². The number of amides is 1. The molecule has 3 heterocycles. The highest BCUT2D eigenvalue weighted by Crippen LogP contribution is 2.29. The fraction of sp³-hybridized carbons (Fsp3) is 0.438. The normalized spacial score (nSPS) is 18.3. The van der Waals surface area contributed by atoms with Crippen LogP contribution in [-0.4, -0.2) is 43.8 Å².